The molecule has 0 spiro atoms. The number of hydrogen-bond donors (Lipinski definition) is 0. The fourth-order valence-electron chi connectivity index (χ4n) is 8.63. The van der Waals surface area contributed by atoms with Gasteiger partial charge >= 0.3 is 0 Å². The third-order valence-corrected chi connectivity index (χ3v) is 11.2. The first-order valence-electron chi connectivity index (χ1n) is 18.5. The Morgan fingerprint density at radius 2 is 1.10 bits per heavy atom. The molecule has 7 aromatic carbocycles. The topological polar surface area (TPSA) is 18.1 Å². The molecule has 0 atom stereocenters. The van der Waals surface area contributed by atoms with E-state index in [9.17, 15) is 0 Å². The van der Waals surface area contributed by atoms with Crippen LogP contribution in [-0.2, 0) is 6.42 Å². The van der Waals surface area contributed by atoms with Crippen molar-refractivity contribution in [3.05, 3.63) is 174 Å². The SMILES string of the molecule is c1ccc(-c2cccc(Cc3cccc(-c4ccc5oc6ccc(-n7c8ccccc8c8cc(C9CCCCC9)ccc87)cc6c5c4)c3)c2)cc1. The lowest BCUT2D eigenvalue weighted by Crippen LogP contribution is -2.04. The molecule has 0 bridgehead atoms. The highest BCUT2D eigenvalue weighted by Crippen LogP contribution is 2.40. The van der Waals surface area contributed by atoms with Gasteiger partial charge in [-0.25, -0.2) is 0 Å². The summed E-state index contributed by atoms with van der Waals surface area (Å²) in [4.78, 5) is 0. The zero-order chi connectivity index (χ0) is 33.7. The molecular weight excluding hydrogens is 619 g/mol. The minimum Gasteiger partial charge on any atom is -0.456 e. The summed E-state index contributed by atoms with van der Waals surface area (Å²) in [5.74, 6) is 0.680. The van der Waals surface area contributed by atoms with Crippen molar-refractivity contribution < 1.29 is 4.42 Å². The molecule has 2 aromatic heterocycles. The average molecular weight is 658 g/mol. The molecule has 0 amide bonds. The van der Waals surface area contributed by atoms with Crippen LogP contribution < -0.4 is 0 Å². The van der Waals surface area contributed by atoms with Crippen LogP contribution in [0, 0.1) is 0 Å². The van der Waals surface area contributed by atoms with E-state index in [0.29, 0.717) is 5.92 Å². The molecule has 1 fully saturated rings. The number of hydrogen-bond acceptors (Lipinski definition) is 1. The Morgan fingerprint density at radius 1 is 0.451 bits per heavy atom. The second-order valence-corrected chi connectivity index (χ2v) is 14.4. The average Bonchev–Trinajstić information content (AvgIpc) is 3.73. The number of rotatable bonds is 6. The van der Waals surface area contributed by atoms with Gasteiger partial charge in [0, 0.05) is 27.2 Å². The summed E-state index contributed by atoms with van der Waals surface area (Å²) < 4.78 is 8.85. The summed E-state index contributed by atoms with van der Waals surface area (Å²) in [6, 6.07) is 57.9. The van der Waals surface area contributed by atoms with E-state index in [2.05, 4.69) is 162 Å². The zero-order valence-electron chi connectivity index (χ0n) is 28.7. The highest BCUT2D eigenvalue weighted by molar-refractivity contribution is 6.11. The zero-order valence-corrected chi connectivity index (χ0v) is 28.7. The number of nitrogens with zero attached hydrogens (tertiary/aromatic N) is 1. The van der Waals surface area contributed by atoms with Gasteiger partial charge in [0.1, 0.15) is 11.2 Å². The van der Waals surface area contributed by atoms with E-state index >= 15 is 0 Å². The van der Waals surface area contributed by atoms with E-state index < -0.39 is 0 Å². The second-order valence-electron chi connectivity index (χ2n) is 14.4. The lowest BCUT2D eigenvalue weighted by molar-refractivity contribution is 0.444. The first-order chi connectivity index (χ1) is 25.2. The van der Waals surface area contributed by atoms with Gasteiger partial charge in [0.15, 0.2) is 0 Å². The van der Waals surface area contributed by atoms with E-state index in [1.807, 2.05) is 0 Å². The maximum absolute atomic E-state index is 6.41. The smallest absolute Gasteiger partial charge is 0.135 e. The van der Waals surface area contributed by atoms with Crippen LogP contribution in [0.2, 0.25) is 0 Å². The summed E-state index contributed by atoms with van der Waals surface area (Å²) in [6.45, 7) is 0. The number of furan rings is 1. The van der Waals surface area contributed by atoms with Crippen molar-refractivity contribution in [1.82, 2.24) is 4.57 Å². The lowest BCUT2D eigenvalue weighted by atomic mass is 9.84. The third-order valence-electron chi connectivity index (χ3n) is 11.2. The number of para-hydroxylation sites is 1. The molecule has 1 saturated carbocycles. The van der Waals surface area contributed by atoms with Crippen molar-refractivity contribution in [2.75, 3.05) is 0 Å². The van der Waals surface area contributed by atoms with Crippen LogP contribution in [0.1, 0.15) is 54.7 Å². The number of benzene rings is 7. The quantitative estimate of drug-likeness (QED) is 0.174. The molecule has 9 aromatic rings. The molecule has 2 heteroatoms. The van der Waals surface area contributed by atoms with Crippen LogP contribution in [0.25, 0.3) is 71.7 Å². The fraction of sp³-hybridized carbons (Fsp3) is 0.143. The molecule has 0 radical (unpaired) electrons. The maximum atomic E-state index is 6.41. The predicted octanol–water partition coefficient (Wildman–Crippen LogP) is 13.7. The van der Waals surface area contributed by atoms with Crippen LogP contribution in [0.3, 0.4) is 0 Å². The minimum absolute atomic E-state index is 0.680. The Morgan fingerprint density at radius 3 is 1.90 bits per heavy atom. The standard InChI is InChI=1S/C49H39NO/c1-3-13-35(14-4-1)37-17-9-11-33(28-37)27-34-12-10-18-38(29-34)40-22-25-48-44(31-40)45-32-41(23-26-49(45)51-48)50-46-20-8-7-19-42(46)43-30-39(21-24-47(43)50)36-15-5-2-6-16-36/h1,3-4,7-14,17-26,28-32,36H,2,5-6,15-16,27H2. The van der Waals surface area contributed by atoms with Crippen LogP contribution >= 0.6 is 0 Å². The molecule has 0 aliphatic heterocycles. The van der Waals surface area contributed by atoms with Crippen LogP contribution in [0.15, 0.2) is 162 Å². The van der Waals surface area contributed by atoms with Crippen molar-refractivity contribution in [1.29, 1.82) is 0 Å². The number of fused-ring (bicyclic) bond motifs is 6. The normalized spacial score (nSPS) is 13.9. The Hall–Kier alpha value is -5.86. The van der Waals surface area contributed by atoms with E-state index in [-0.39, 0.29) is 0 Å². The molecule has 0 saturated heterocycles. The fourth-order valence-corrected chi connectivity index (χ4v) is 8.63. The van der Waals surface area contributed by atoms with Gasteiger partial charge in [0.25, 0.3) is 0 Å². The summed E-state index contributed by atoms with van der Waals surface area (Å²) in [5, 5.41) is 4.95. The molecule has 1 aliphatic rings. The van der Waals surface area contributed by atoms with Crippen molar-refractivity contribution in [3.63, 3.8) is 0 Å². The van der Waals surface area contributed by atoms with E-state index in [1.54, 1.807) is 0 Å². The van der Waals surface area contributed by atoms with Crippen molar-refractivity contribution in [2.24, 2.45) is 0 Å². The van der Waals surface area contributed by atoms with Crippen LogP contribution in [-0.4, -0.2) is 4.57 Å². The Bertz CT molecular complexity index is 2700. The third kappa shape index (κ3) is 5.43. The molecular formula is C49H39NO. The van der Waals surface area contributed by atoms with Crippen molar-refractivity contribution >= 4 is 43.7 Å². The molecule has 10 rings (SSSR count). The summed E-state index contributed by atoms with van der Waals surface area (Å²) in [6.07, 6.45) is 7.57. The second kappa shape index (κ2) is 12.5. The predicted molar refractivity (Wildman–Crippen MR) is 214 cm³/mol. The minimum atomic E-state index is 0.680. The molecule has 2 heterocycles. The maximum Gasteiger partial charge on any atom is 0.135 e. The Balaban J connectivity index is 1.02. The molecule has 246 valence electrons. The van der Waals surface area contributed by atoms with Gasteiger partial charge in [0.2, 0.25) is 0 Å². The Kier molecular flexibility index (Phi) is 7.34. The molecule has 51 heavy (non-hydrogen) atoms. The van der Waals surface area contributed by atoms with E-state index in [0.717, 1.165) is 34.0 Å². The van der Waals surface area contributed by atoms with Gasteiger partial charge in [0.05, 0.1) is 11.0 Å². The van der Waals surface area contributed by atoms with Crippen molar-refractivity contribution in [3.8, 4) is 27.9 Å². The van der Waals surface area contributed by atoms with Gasteiger partial charge in [-0.3, -0.25) is 0 Å². The summed E-state index contributed by atoms with van der Waals surface area (Å²) in [7, 11) is 0. The largest absolute Gasteiger partial charge is 0.456 e. The van der Waals surface area contributed by atoms with E-state index in [1.165, 1.54) is 92.9 Å². The molecule has 1 aliphatic carbocycles. The lowest BCUT2D eigenvalue weighted by Gasteiger charge is -2.22. The highest BCUT2D eigenvalue weighted by atomic mass is 16.3. The Labute approximate surface area is 298 Å². The first-order valence-corrected chi connectivity index (χ1v) is 18.5. The van der Waals surface area contributed by atoms with Crippen molar-refractivity contribution in [2.45, 2.75) is 44.4 Å². The summed E-state index contributed by atoms with van der Waals surface area (Å²) >= 11 is 0. The molecule has 0 N–H and O–H groups in total. The van der Waals surface area contributed by atoms with Gasteiger partial charge in [-0.1, -0.05) is 128 Å². The molecule has 2 nitrogen and oxygen atoms in total. The van der Waals surface area contributed by atoms with Crippen LogP contribution in [0.4, 0.5) is 0 Å². The van der Waals surface area contributed by atoms with Gasteiger partial charge in [-0.05, 0) is 113 Å². The first kappa shape index (κ1) is 30.0. The van der Waals surface area contributed by atoms with Gasteiger partial charge in [-0.2, -0.15) is 0 Å². The van der Waals surface area contributed by atoms with E-state index in [4.69, 9.17) is 4.42 Å². The van der Waals surface area contributed by atoms with Gasteiger partial charge < -0.3 is 8.98 Å². The summed E-state index contributed by atoms with van der Waals surface area (Å²) in [5.41, 5.74) is 14.5. The monoisotopic (exact) mass is 657 g/mol. The highest BCUT2D eigenvalue weighted by Gasteiger charge is 2.19. The number of aromatic nitrogens is 1. The van der Waals surface area contributed by atoms with Gasteiger partial charge in [-0.15, -0.1) is 0 Å². The van der Waals surface area contributed by atoms with Crippen LogP contribution in [0.5, 0.6) is 0 Å². The molecule has 0 unspecified atom stereocenters.